The molecule has 0 saturated heterocycles. The molecule has 2 aromatic rings. The van der Waals surface area contributed by atoms with E-state index in [0.29, 0.717) is 36.7 Å². The Morgan fingerprint density at radius 1 is 0.966 bits per heavy atom. The molecule has 0 aliphatic carbocycles. The molecule has 0 bridgehead atoms. The SMILES string of the molecule is CN1CCOc2ccc(S(=O)(=O)Nc3cc(C(F)(F)F)cc(C(F)(F)F)c3)cc21. The van der Waals surface area contributed by atoms with Gasteiger partial charge in [0.1, 0.15) is 12.4 Å². The minimum atomic E-state index is -5.09. The van der Waals surface area contributed by atoms with Gasteiger partial charge in [-0.25, -0.2) is 8.42 Å². The van der Waals surface area contributed by atoms with E-state index in [1.165, 1.54) is 12.1 Å². The number of hydrogen-bond donors (Lipinski definition) is 1. The summed E-state index contributed by atoms with van der Waals surface area (Å²) in [6, 6.07) is 4.28. The molecule has 1 aliphatic heterocycles. The number of sulfonamides is 1. The Morgan fingerprint density at radius 3 is 2.10 bits per heavy atom. The van der Waals surface area contributed by atoms with Crippen molar-refractivity contribution in [3.8, 4) is 5.75 Å². The number of rotatable bonds is 3. The minimum absolute atomic E-state index is 0.0804. The van der Waals surface area contributed by atoms with Crippen LogP contribution >= 0.6 is 0 Å². The van der Waals surface area contributed by atoms with Crippen LogP contribution in [0.4, 0.5) is 37.7 Å². The number of halogens is 6. The first-order chi connectivity index (χ1) is 13.3. The smallest absolute Gasteiger partial charge is 0.416 e. The summed E-state index contributed by atoms with van der Waals surface area (Å²) in [6.07, 6.45) is -10.2. The summed E-state index contributed by atoms with van der Waals surface area (Å²) in [4.78, 5) is 1.38. The van der Waals surface area contributed by atoms with E-state index in [2.05, 4.69) is 0 Å². The molecule has 1 aliphatic rings. The first-order valence-electron chi connectivity index (χ1n) is 8.08. The second-order valence-corrected chi connectivity index (χ2v) is 7.98. The fraction of sp³-hybridized carbons (Fsp3) is 0.294. The summed E-state index contributed by atoms with van der Waals surface area (Å²) in [5.41, 5.74) is -3.67. The van der Waals surface area contributed by atoms with E-state index in [0.717, 1.165) is 6.07 Å². The molecular formula is C17H14F6N2O3S. The van der Waals surface area contributed by atoms with Crippen molar-refractivity contribution in [3.05, 3.63) is 47.5 Å². The van der Waals surface area contributed by atoms with Gasteiger partial charge >= 0.3 is 12.4 Å². The number of likely N-dealkylation sites (N-methyl/N-ethyl adjacent to an activating group) is 1. The van der Waals surface area contributed by atoms with Crippen LogP contribution in [0.25, 0.3) is 0 Å². The number of alkyl halides is 6. The maximum Gasteiger partial charge on any atom is 0.416 e. The third kappa shape index (κ3) is 4.52. The molecule has 3 rings (SSSR count). The summed E-state index contributed by atoms with van der Waals surface area (Å²) in [6.45, 7) is 0.866. The van der Waals surface area contributed by atoms with Gasteiger partial charge in [0.2, 0.25) is 0 Å². The van der Waals surface area contributed by atoms with Crippen LogP contribution in [0.1, 0.15) is 11.1 Å². The minimum Gasteiger partial charge on any atom is -0.490 e. The van der Waals surface area contributed by atoms with Gasteiger partial charge in [0.15, 0.2) is 0 Å². The van der Waals surface area contributed by atoms with E-state index in [-0.39, 0.29) is 11.0 Å². The van der Waals surface area contributed by atoms with Crippen molar-refractivity contribution in [1.29, 1.82) is 0 Å². The molecule has 0 fully saturated rings. The molecular weight excluding hydrogens is 426 g/mol. The highest BCUT2D eigenvalue weighted by atomic mass is 32.2. The average Bonchev–Trinajstić information content (AvgIpc) is 2.59. The highest BCUT2D eigenvalue weighted by Gasteiger charge is 2.37. The van der Waals surface area contributed by atoms with E-state index < -0.39 is 39.2 Å². The van der Waals surface area contributed by atoms with Gasteiger partial charge in [-0.15, -0.1) is 0 Å². The molecule has 158 valence electrons. The van der Waals surface area contributed by atoms with Crippen LogP contribution in [0.5, 0.6) is 5.75 Å². The van der Waals surface area contributed by atoms with Crippen molar-refractivity contribution in [2.24, 2.45) is 0 Å². The maximum absolute atomic E-state index is 13.0. The first-order valence-corrected chi connectivity index (χ1v) is 9.56. The van der Waals surface area contributed by atoms with Crippen LogP contribution in [0.2, 0.25) is 0 Å². The second kappa shape index (κ2) is 7.01. The molecule has 12 heteroatoms. The largest absolute Gasteiger partial charge is 0.490 e. The van der Waals surface area contributed by atoms with Crippen molar-refractivity contribution >= 4 is 21.4 Å². The molecule has 1 N–H and O–H groups in total. The molecule has 5 nitrogen and oxygen atoms in total. The lowest BCUT2D eigenvalue weighted by Gasteiger charge is -2.28. The summed E-state index contributed by atoms with van der Waals surface area (Å²) in [5.74, 6) is 0.413. The molecule has 0 saturated carbocycles. The fourth-order valence-electron chi connectivity index (χ4n) is 2.73. The molecule has 0 atom stereocenters. The highest BCUT2D eigenvalue weighted by molar-refractivity contribution is 7.92. The van der Waals surface area contributed by atoms with Crippen LogP contribution in [-0.2, 0) is 22.4 Å². The average molecular weight is 440 g/mol. The van der Waals surface area contributed by atoms with Gasteiger partial charge in [0, 0.05) is 7.05 Å². The van der Waals surface area contributed by atoms with Crippen LogP contribution < -0.4 is 14.4 Å². The zero-order valence-electron chi connectivity index (χ0n) is 14.7. The van der Waals surface area contributed by atoms with Gasteiger partial charge in [-0.2, -0.15) is 26.3 Å². The molecule has 29 heavy (non-hydrogen) atoms. The fourth-order valence-corrected chi connectivity index (χ4v) is 3.79. The third-order valence-corrected chi connectivity index (χ3v) is 5.56. The molecule has 0 amide bonds. The number of fused-ring (bicyclic) bond motifs is 1. The van der Waals surface area contributed by atoms with E-state index in [9.17, 15) is 34.8 Å². The van der Waals surface area contributed by atoms with Gasteiger partial charge in [0.05, 0.1) is 33.9 Å². The van der Waals surface area contributed by atoms with Gasteiger partial charge in [0.25, 0.3) is 10.0 Å². The van der Waals surface area contributed by atoms with Crippen LogP contribution in [0.15, 0.2) is 41.3 Å². The first kappa shape index (κ1) is 21.1. The lowest BCUT2D eigenvalue weighted by Crippen LogP contribution is -2.29. The van der Waals surface area contributed by atoms with Crippen LogP contribution in [0.3, 0.4) is 0 Å². The summed E-state index contributed by atoms with van der Waals surface area (Å²) in [5, 5.41) is 0. The van der Waals surface area contributed by atoms with Gasteiger partial charge in [-0.3, -0.25) is 4.72 Å². The molecule has 0 radical (unpaired) electrons. The Balaban J connectivity index is 2.01. The number of anilines is 2. The van der Waals surface area contributed by atoms with Crippen molar-refractivity contribution in [2.75, 3.05) is 29.8 Å². The molecule has 0 aromatic heterocycles. The molecule has 1 heterocycles. The lowest BCUT2D eigenvalue weighted by atomic mass is 10.1. The maximum atomic E-state index is 13.0. The monoisotopic (exact) mass is 440 g/mol. The van der Waals surface area contributed by atoms with Crippen LogP contribution in [-0.4, -0.2) is 28.6 Å². The quantitative estimate of drug-likeness (QED) is 0.721. The number of ether oxygens (including phenoxy) is 1. The Morgan fingerprint density at radius 2 is 1.55 bits per heavy atom. The second-order valence-electron chi connectivity index (χ2n) is 6.30. The molecule has 2 aromatic carbocycles. The zero-order chi connectivity index (χ0) is 21.6. The van der Waals surface area contributed by atoms with Gasteiger partial charge in [-0.05, 0) is 36.4 Å². The van der Waals surface area contributed by atoms with Gasteiger partial charge < -0.3 is 9.64 Å². The number of hydrogen-bond acceptors (Lipinski definition) is 4. The summed E-state index contributed by atoms with van der Waals surface area (Å²) >= 11 is 0. The summed E-state index contributed by atoms with van der Waals surface area (Å²) < 4.78 is 110. The predicted octanol–water partition coefficient (Wildman–Crippen LogP) is 4.35. The lowest BCUT2D eigenvalue weighted by molar-refractivity contribution is -0.143. The van der Waals surface area contributed by atoms with E-state index in [1.807, 2.05) is 0 Å². The predicted molar refractivity (Wildman–Crippen MR) is 92.5 cm³/mol. The van der Waals surface area contributed by atoms with Gasteiger partial charge in [-0.1, -0.05) is 0 Å². The van der Waals surface area contributed by atoms with Crippen molar-refractivity contribution < 1.29 is 39.5 Å². The Labute approximate surface area is 161 Å². The van der Waals surface area contributed by atoms with Crippen molar-refractivity contribution in [1.82, 2.24) is 0 Å². The Bertz CT molecular complexity index is 1000. The zero-order valence-corrected chi connectivity index (χ0v) is 15.5. The highest BCUT2D eigenvalue weighted by Crippen LogP contribution is 2.38. The number of nitrogens with zero attached hydrogens (tertiary/aromatic N) is 1. The Hall–Kier alpha value is -2.63. The van der Waals surface area contributed by atoms with Crippen molar-refractivity contribution in [3.63, 3.8) is 0 Å². The standard InChI is InChI=1S/C17H14F6N2O3S/c1-25-4-5-28-15-3-2-13(9-14(15)25)29(26,27)24-12-7-10(16(18,19)20)6-11(8-12)17(21,22)23/h2-3,6-9,24H,4-5H2,1H3. The van der Waals surface area contributed by atoms with E-state index in [4.69, 9.17) is 4.74 Å². The summed E-state index contributed by atoms with van der Waals surface area (Å²) in [7, 11) is -2.77. The Kier molecular flexibility index (Phi) is 5.10. The third-order valence-electron chi connectivity index (χ3n) is 4.18. The normalized spacial score (nSPS) is 14.9. The van der Waals surface area contributed by atoms with Crippen LogP contribution in [0, 0.1) is 0 Å². The van der Waals surface area contributed by atoms with Crippen molar-refractivity contribution in [2.45, 2.75) is 17.2 Å². The topological polar surface area (TPSA) is 58.6 Å². The number of benzene rings is 2. The number of nitrogens with one attached hydrogen (secondary N) is 1. The molecule has 0 spiro atoms. The van der Waals surface area contributed by atoms with E-state index >= 15 is 0 Å². The molecule has 0 unspecified atom stereocenters. The van der Waals surface area contributed by atoms with E-state index in [1.54, 1.807) is 16.7 Å².